The van der Waals surface area contributed by atoms with E-state index < -0.39 is 34.5 Å². The van der Waals surface area contributed by atoms with Crippen molar-refractivity contribution in [3.05, 3.63) is 83.7 Å². The molecule has 0 spiro atoms. The number of ether oxygens (including phenoxy) is 1. The molecule has 1 nitrogen and oxygen atoms in total. The fourth-order valence-electron chi connectivity index (χ4n) is 2.82. The molecule has 3 aromatic carbocycles. The molecule has 144 valence electrons. The smallest absolute Gasteiger partial charge is 0.271 e. The molecule has 0 N–H and O–H groups in total. The second kappa shape index (κ2) is 8.25. The summed E-state index contributed by atoms with van der Waals surface area (Å²) in [5.74, 6) is -2.90. The maximum Gasteiger partial charge on any atom is 0.271 e. The zero-order chi connectivity index (χ0) is 20.3. The van der Waals surface area contributed by atoms with E-state index in [-0.39, 0.29) is 11.5 Å². The van der Waals surface area contributed by atoms with Crippen LogP contribution in [0.4, 0.5) is 22.0 Å². The van der Waals surface area contributed by atoms with E-state index >= 15 is 0 Å². The Hall–Kier alpha value is -3.15. The normalized spacial score (nSPS) is 11.2. The third-order valence-corrected chi connectivity index (χ3v) is 4.14. The van der Waals surface area contributed by atoms with Gasteiger partial charge in [-0.1, -0.05) is 24.3 Å². The highest BCUT2D eigenvalue weighted by Gasteiger charge is 2.17. The summed E-state index contributed by atoms with van der Waals surface area (Å²) in [5, 5.41) is -0.598. The minimum atomic E-state index is -2.27. The Morgan fingerprint density at radius 3 is 2.29 bits per heavy atom. The van der Waals surface area contributed by atoms with Crippen LogP contribution in [-0.4, -0.2) is 6.61 Å². The molecular formula is C22H15F5O. The van der Waals surface area contributed by atoms with Crippen molar-refractivity contribution in [3.8, 4) is 16.9 Å². The van der Waals surface area contributed by atoms with Gasteiger partial charge in [-0.2, -0.15) is 8.78 Å². The molecule has 0 amide bonds. The van der Waals surface area contributed by atoms with Gasteiger partial charge in [0.25, 0.3) is 6.08 Å². The lowest BCUT2D eigenvalue weighted by Crippen LogP contribution is -1.95. The number of hydrogen-bond donors (Lipinski definition) is 0. The van der Waals surface area contributed by atoms with Crippen molar-refractivity contribution < 1.29 is 26.7 Å². The van der Waals surface area contributed by atoms with Gasteiger partial charge < -0.3 is 4.74 Å². The van der Waals surface area contributed by atoms with Gasteiger partial charge >= 0.3 is 0 Å². The van der Waals surface area contributed by atoms with Crippen LogP contribution in [0.25, 0.3) is 28.0 Å². The lowest BCUT2D eigenvalue weighted by molar-refractivity contribution is 0.363. The van der Waals surface area contributed by atoms with Crippen LogP contribution < -0.4 is 4.74 Å². The van der Waals surface area contributed by atoms with Gasteiger partial charge in [-0.25, -0.2) is 13.2 Å². The van der Waals surface area contributed by atoms with E-state index in [9.17, 15) is 22.0 Å². The molecule has 0 unspecified atom stereocenters. The van der Waals surface area contributed by atoms with Crippen LogP contribution in [0.15, 0.2) is 60.7 Å². The molecule has 0 atom stereocenters. The van der Waals surface area contributed by atoms with Crippen LogP contribution in [-0.2, 0) is 0 Å². The Labute approximate surface area is 158 Å². The first kappa shape index (κ1) is 19.6. The summed E-state index contributed by atoms with van der Waals surface area (Å²) in [6, 6.07) is 10.1. The summed E-state index contributed by atoms with van der Waals surface area (Å²) < 4.78 is 73.3. The van der Waals surface area contributed by atoms with Crippen molar-refractivity contribution in [2.45, 2.75) is 6.92 Å². The van der Waals surface area contributed by atoms with Gasteiger partial charge in [0, 0.05) is 6.08 Å². The van der Waals surface area contributed by atoms with Gasteiger partial charge in [-0.3, -0.25) is 0 Å². The fraction of sp³-hybridized carbons (Fsp3) is 0.0909. The maximum atomic E-state index is 14.5. The van der Waals surface area contributed by atoms with Crippen LogP contribution in [0, 0.1) is 17.5 Å². The van der Waals surface area contributed by atoms with Crippen LogP contribution in [0.1, 0.15) is 12.5 Å². The summed E-state index contributed by atoms with van der Waals surface area (Å²) in [4.78, 5) is 0. The van der Waals surface area contributed by atoms with Gasteiger partial charge in [0.2, 0.25) is 0 Å². The number of halogens is 5. The van der Waals surface area contributed by atoms with Gasteiger partial charge in [0.15, 0.2) is 0 Å². The topological polar surface area (TPSA) is 9.23 Å². The standard InChI is InChI=1S/C22H15F5O/c1-2-3-8-28-16-6-4-13(5-7-16)14-9-15-11-18(23)17(12-20(25)26)22(27)21(15)19(24)10-14/h2-7,9-12H,8H2,1H3. The van der Waals surface area contributed by atoms with Gasteiger partial charge in [-0.15, -0.1) is 0 Å². The molecule has 0 fully saturated rings. The number of fused-ring (bicyclic) bond motifs is 1. The van der Waals surface area contributed by atoms with Crippen LogP contribution in [0.5, 0.6) is 5.75 Å². The van der Waals surface area contributed by atoms with Crippen LogP contribution in [0.2, 0.25) is 0 Å². The first-order valence-electron chi connectivity index (χ1n) is 8.39. The minimum Gasteiger partial charge on any atom is -0.490 e. The lowest BCUT2D eigenvalue weighted by atomic mass is 9.98. The highest BCUT2D eigenvalue weighted by Crippen LogP contribution is 2.33. The van der Waals surface area contributed by atoms with Crippen molar-refractivity contribution in [1.82, 2.24) is 0 Å². The average Bonchev–Trinajstić information content (AvgIpc) is 2.65. The molecule has 0 aromatic heterocycles. The Morgan fingerprint density at radius 1 is 0.929 bits per heavy atom. The largest absolute Gasteiger partial charge is 0.490 e. The molecule has 6 heteroatoms. The second-order valence-corrected chi connectivity index (χ2v) is 5.98. The van der Waals surface area contributed by atoms with Crippen molar-refractivity contribution in [1.29, 1.82) is 0 Å². The van der Waals surface area contributed by atoms with Gasteiger partial charge in [0.1, 0.15) is 29.8 Å². The lowest BCUT2D eigenvalue weighted by Gasteiger charge is -2.10. The average molecular weight is 390 g/mol. The Bertz CT molecular complexity index is 1060. The van der Waals surface area contributed by atoms with E-state index in [2.05, 4.69) is 0 Å². The molecule has 0 aliphatic carbocycles. The number of hydrogen-bond acceptors (Lipinski definition) is 1. The Morgan fingerprint density at radius 2 is 1.64 bits per heavy atom. The van der Waals surface area contributed by atoms with Crippen molar-refractivity contribution >= 4 is 16.8 Å². The molecule has 0 aliphatic heterocycles. The highest BCUT2D eigenvalue weighted by molar-refractivity contribution is 5.90. The van der Waals surface area contributed by atoms with E-state index in [0.717, 1.165) is 12.1 Å². The quantitative estimate of drug-likeness (QED) is 0.333. The molecule has 0 heterocycles. The molecule has 0 saturated heterocycles. The van der Waals surface area contributed by atoms with Gasteiger partial charge in [0.05, 0.1) is 10.9 Å². The number of rotatable bonds is 5. The van der Waals surface area contributed by atoms with Crippen molar-refractivity contribution in [2.75, 3.05) is 6.61 Å². The molecule has 0 saturated carbocycles. The van der Waals surface area contributed by atoms with Crippen molar-refractivity contribution in [3.63, 3.8) is 0 Å². The molecule has 0 bridgehead atoms. The molecule has 0 aliphatic rings. The first-order valence-corrected chi connectivity index (χ1v) is 8.39. The Kier molecular flexibility index (Phi) is 5.78. The van der Waals surface area contributed by atoms with E-state index in [4.69, 9.17) is 4.74 Å². The SMILES string of the molecule is CC=CCOc1ccc(-c2cc(F)c3c(F)c(C=C(F)F)c(F)cc3c2)cc1. The predicted molar refractivity (Wildman–Crippen MR) is 99.8 cm³/mol. The molecule has 3 aromatic rings. The number of benzene rings is 3. The molecule has 28 heavy (non-hydrogen) atoms. The zero-order valence-corrected chi connectivity index (χ0v) is 14.8. The van der Waals surface area contributed by atoms with Crippen LogP contribution >= 0.6 is 0 Å². The second-order valence-electron chi connectivity index (χ2n) is 5.98. The third kappa shape index (κ3) is 4.06. The summed E-state index contributed by atoms with van der Waals surface area (Å²) >= 11 is 0. The monoisotopic (exact) mass is 390 g/mol. The van der Waals surface area contributed by atoms with Gasteiger partial charge in [-0.05, 0) is 53.8 Å². The summed E-state index contributed by atoms with van der Waals surface area (Å²) in [7, 11) is 0. The Balaban J connectivity index is 2.03. The van der Waals surface area contributed by atoms with E-state index in [1.807, 2.05) is 19.1 Å². The van der Waals surface area contributed by atoms with Crippen LogP contribution in [0.3, 0.4) is 0 Å². The summed E-state index contributed by atoms with van der Waals surface area (Å²) in [6.45, 7) is 2.29. The van der Waals surface area contributed by atoms with Crippen molar-refractivity contribution in [2.24, 2.45) is 0 Å². The van der Waals surface area contributed by atoms with E-state index in [0.29, 0.717) is 23.5 Å². The zero-order valence-electron chi connectivity index (χ0n) is 14.8. The maximum absolute atomic E-state index is 14.5. The summed E-state index contributed by atoms with van der Waals surface area (Å²) in [5.41, 5.74) is 0.0318. The minimum absolute atomic E-state index is 0.0455. The molecule has 3 rings (SSSR count). The van der Waals surface area contributed by atoms with E-state index in [1.54, 1.807) is 24.3 Å². The summed E-state index contributed by atoms with van der Waals surface area (Å²) in [6.07, 6.45) is 1.47. The predicted octanol–water partition coefficient (Wildman–Crippen LogP) is 7.12. The molecule has 0 radical (unpaired) electrons. The first-order chi connectivity index (χ1) is 13.4. The van der Waals surface area contributed by atoms with E-state index in [1.165, 1.54) is 6.07 Å². The highest BCUT2D eigenvalue weighted by atomic mass is 19.3. The number of allylic oxidation sites excluding steroid dienone is 1. The fourth-order valence-corrected chi connectivity index (χ4v) is 2.82. The molecular weight excluding hydrogens is 375 g/mol. The third-order valence-electron chi connectivity index (χ3n) is 4.14.